The van der Waals surface area contributed by atoms with Crippen LogP contribution in [0, 0.1) is 5.92 Å². The Labute approximate surface area is 91.0 Å². The van der Waals surface area contributed by atoms with Crippen molar-refractivity contribution in [3.8, 4) is 0 Å². The Morgan fingerprint density at radius 2 is 1.93 bits per heavy atom. The van der Waals surface area contributed by atoms with Gasteiger partial charge < -0.3 is 5.32 Å². The molecule has 1 aliphatic rings. The highest BCUT2D eigenvalue weighted by Gasteiger charge is 2.39. The fourth-order valence-electron chi connectivity index (χ4n) is 1.73. The molecule has 1 unspecified atom stereocenters. The van der Waals surface area contributed by atoms with E-state index in [1.54, 1.807) is 0 Å². The second kappa shape index (κ2) is 4.75. The highest BCUT2D eigenvalue weighted by atomic mass is 16.2. The molecular weight excluding hydrogens is 192 g/mol. The lowest BCUT2D eigenvalue weighted by molar-refractivity contribution is -0.140. The molecule has 4 nitrogen and oxygen atoms in total. The number of nitrogens with one attached hydrogen (secondary N) is 1. The molecule has 1 saturated heterocycles. The van der Waals surface area contributed by atoms with Gasteiger partial charge in [0.1, 0.15) is 0 Å². The highest BCUT2D eigenvalue weighted by molar-refractivity contribution is 6.05. The van der Waals surface area contributed by atoms with Crippen LogP contribution in [0.25, 0.3) is 0 Å². The quantitative estimate of drug-likeness (QED) is 0.700. The Balaban J connectivity index is 2.57. The lowest BCUT2D eigenvalue weighted by Gasteiger charge is -2.19. The average Bonchev–Trinajstić information content (AvgIpc) is 2.37. The first-order chi connectivity index (χ1) is 6.93. The fourth-order valence-corrected chi connectivity index (χ4v) is 1.73. The van der Waals surface area contributed by atoms with Gasteiger partial charge in [-0.3, -0.25) is 14.5 Å². The van der Waals surface area contributed by atoms with Crippen molar-refractivity contribution in [1.82, 2.24) is 10.2 Å². The van der Waals surface area contributed by atoms with E-state index >= 15 is 0 Å². The Hall–Kier alpha value is -0.900. The summed E-state index contributed by atoms with van der Waals surface area (Å²) in [5.74, 6) is 0.355. The SMILES string of the molecule is CC(C)CNC1CC(=O)N(C(C)C)C1=O. The third-order valence-corrected chi connectivity index (χ3v) is 2.47. The molecule has 4 heteroatoms. The lowest BCUT2D eigenvalue weighted by atomic mass is 10.2. The van der Waals surface area contributed by atoms with Gasteiger partial charge in [-0.05, 0) is 26.3 Å². The van der Waals surface area contributed by atoms with Gasteiger partial charge in [0.2, 0.25) is 11.8 Å². The second-order valence-corrected chi connectivity index (χ2v) is 4.75. The number of rotatable bonds is 4. The third kappa shape index (κ3) is 2.78. The summed E-state index contributed by atoms with van der Waals surface area (Å²) in [7, 11) is 0. The molecule has 86 valence electrons. The Bertz CT molecular complexity index is 261. The first-order valence-corrected chi connectivity index (χ1v) is 5.52. The molecule has 0 saturated carbocycles. The summed E-state index contributed by atoms with van der Waals surface area (Å²) in [6, 6.07) is -0.335. The first kappa shape index (κ1) is 12.2. The van der Waals surface area contributed by atoms with Crippen molar-refractivity contribution in [1.29, 1.82) is 0 Å². The average molecular weight is 212 g/mol. The fraction of sp³-hybridized carbons (Fsp3) is 0.818. The van der Waals surface area contributed by atoms with Crippen molar-refractivity contribution in [2.24, 2.45) is 5.92 Å². The van der Waals surface area contributed by atoms with Gasteiger partial charge in [0.05, 0.1) is 12.5 Å². The predicted molar refractivity (Wildman–Crippen MR) is 58.2 cm³/mol. The summed E-state index contributed by atoms with van der Waals surface area (Å²) < 4.78 is 0. The summed E-state index contributed by atoms with van der Waals surface area (Å²) >= 11 is 0. The molecule has 1 heterocycles. The van der Waals surface area contributed by atoms with E-state index in [-0.39, 0.29) is 23.9 Å². The van der Waals surface area contributed by atoms with Crippen LogP contribution in [0.2, 0.25) is 0 Å². The molecule has 1 rings (SSSR count). The molecule has 1 fully saturated rings. The summed E-state index contributed by atoms with van der Waals surface area (Å²) in [6.07, 6.45) is 0.309. The third-order valence-electron chi connectivity index (χ3n) is 2.47. The molecule has 0 aliphatic carbocycles. The predicted octanol–water partition coefficient (Wildman–Crippen LogP) is 0.768. The molecule has 0 aromatic heterocycles. The van der Waals surface area contributed by atoms with Crippen LogP contribution in [0.3, 0.4) is 0 Å². The van der Waals surface area contributed by atoms with Crippen molar-refractivity contribution in [3.05, 3.63) is 0 Å². The van der Waals surface area contributed by atoms with E-state index in [0.29, 0.717) is 12.3 Å². The summed E-state index contributed by atoms with van der Waals surface area (Å²) in [6.45, 7) is 8.65. The zero-order valence-electron chi connectivity index (χ0n) is 9.91. The van der Waals surface area contributed by atoms with Crippen molar-refractivity contribution in [2.45, 2.75) is 46.2 Å². The van der Waals surface area contributed by atoms with Gasteiger partial charge >= 0.3 is 0 Å². The minimum Gasteiger partial charge on any atom is -0.305 e. The smallest absolute Gasteiger partial charge is 0.247 e. The van der Waals surface area contributed by atoms with Crippen molar-refractivity contribution in [2.75, 3.05) is 6.54 Å². The number of carbonyl (C=O) groups is 2. The van der Waals surface area contributed by atoms with E-state index in [1.807, 2.05) is 13.8 Å². The Morgan fingerprint density at radius 1 is 1.33 bits per heavy atom. The molecule has 0 radical (unpaired) electrons. The number of hydrogen-bond donors (Lipinski definition) is 1. The van der Waals surface area contributed by atoms with Crippen LogP contribution in [-0.2, 0) is 9.59 Å². The van der Waals surface area contributed by atoms with E-state index in [2.05, 4.69) is 19.2 Å². The summed E-state index contributed by atoms with van der Waals surface area (Å²) in [5, 5.41) is 3.13. The molecular formula is C11H20N2O2. The maximum Gasteiger partial charge on any atom is 0.247 e. The molecule has 0 aromatic rings. The van der Waals surface area contributed by atoms with Gasteiger partial charge in [-0.2, -0.15) is 0 Å². The van der Waals surface area contributed by atoms with Gasteiger partial charge in [0, 0.05) is 6.04 Å². The molecule has 0 spiro atoms. The van der Waals surface area contributed by atoms with Crippen LogP contribution in [0.4, 0.5) is 0 Å². The van der Waals surface area contributed by atoms with Crippen LogP contribution in [0.1, 0.15) is 34.1 Å². The summed E-state index contributed by atoms with van der Waals surface area (Å²) in [4.78, 5) is 24.7. The number of likely N-dealkylation sites (tertiary alicyclic amines) is 1. The second-order valence-electron chi connectivity index (χ2n) is 4.75. The zero-order chi connectivity index (χ0) is 11.6. The molecule has 1 N–H and O–H groups in total. The maximum absolute atomic E-state index is 11.8. The van der Waals surface area contributed by atoms with Crippen LogP contribution in [0.15, 0.2) is 0 Å². The largest absolute Gasteiger partial charge is 0.305 e. The van der Waals surface area contributed by atoms with Crippen LogP contribution in [-0.4, -0.2) is 35.3 Å². The first-order valence-electron chi connectivity index (χ1n) is 5.52. The number of carbonyl (C=O) groups excluding carboxylic acids is 2. The Morgan fingerprint density at radius 3 is 2.33 bits per heavy atom. The number of amides is 2. The Kier molecular flexibility index (Phi) is 3.85. The van der Waals surface area contributed by atoms with E-state index in [0.717, 1.165) is 6.54 Å². The van der Waals surface area contributed by atoms with Gasteiger partial charge in [-0.25, -0.2) is 0 Å². The van der Waals surface area contributed by atoms with E-state index in [1.165, 1.54) is 4.90 Å². The lowest BCUT2D eigenvalue weighted by Crippen LogP contribution is -2.42. The van der Waals surface area contributed by atoms with Crippen molar-refractivity contribution >= 4 is 11.8 Å². The molecule has 15 heavy (non-hydrogen) atoms. The number of imide groups is 1. The monoisotopic (exact) mass is 212 g/mol. The molecule has 2 amide bonds. The minimum absolute atomic E-state index is 0.0316. The van der Waals surface area contributed by atoms with Crippen molar-refractivity contribution < 1.29 is 9.59 Å². The maximum atomic E-state index is 11.8. The molecule has 0 bridgehead atoms. The zero-order valence-corrected chi connectivity index (χ0v) is 9.91. The molecule has 0 aromatic carbocycles. The van der Waals surface area contributed by atoms with Gasteiger partial charge in [0.15, 0.2) is 0 Å². The van der Waals surface area contributed by atoms with E-state index in [4.69, 9.17) is 0 Å². The van der Waals surface area contributed by atoms with Crippen LogP contribution >= 0.6 is 0 Å². The summed E-state index contributed by atoms with van der Waals surface area (Å²) in [5.41, 5.74) is 0. The number of hydrogen-bond acceptors (Lipinski definition) is 3. The van der Waals surface area contributed by atoms with Crippen LogP contribution < -0.4 is 5.32 Å². The number of nitrogens with zero attached hydrogens (tertiary/aromatic N) is 1. The minimum atomic E-state index is -0.303. The van der Waals surface area contributed by atoms with Crippen LogP contribution in [0.5, 0.6) is 0 Å². The van der Waals surface area contributed by atoms with Crippen molar-refractivity contribution in [3.63, 3.8) is 0 Å². The van der Waals surface area contributed by atoms with Gasteiger partial charge in [-0.1, -0.05) is 13.8 Å². The molecule has 1 aliphatic heterocycles. The molecule has 1 atom stereocenters. The van der Waals surface area contributed by atoms with Gasteiger partial charge in [-0.15, -0.1) is 0 Å². The van der Waals surface area contributed by atoms with E-state index < -0.39 is 0 Å². The van der Waals surface area contributed by atoms with Gasteiger partial charge in [0.25, 0.3) is 0 Å². The topological polar surface area (TPSA) is 49.4 Å². The standard InChI is InChI=1S/C11H20N2O2/c1-7(2)6-12-9-5-10(14)13(8(3)4)11(9)15/h7-9,12H,5-6H2,1-4H3. The van der Waals surface area contributed by atoms with E-state index in [9.17, 15) is 9.59 Å². The highest BCUT2D eigenvalue weighted by Crippen LogP contribution is 2.16. The normalized spacial score (nSPS) is 22.3.